The first-order chi connectivity index (χ1) is 16.6. The molecule has 1 N–H and O–H groups in total. The van der Waals surface area contributed by atoms with Crippen molar-refractivity contribution in [2.24, 2.45) is 17.8 Å². The molecule has 1 amide bonds. The van der Waals surface area contributed by atoms with Crippen LogP contribution >= 0.6 is 23.4 Å². The Morgan fingerprint density at radius 2 is 1.71 bits per heavy atom. The summed E-state index contributed by atoms with van der Waals surface area (Å²) in [5.74, 6) is 3.78. The van der Waals surface area contributed by atoms with Crippen LogP contribution in [0.15, 0.2) is 29.4 Å². The van der Waals surface area contributed by atoms with Gasteiger partial charge < -0.3 is 10.1 Å². The van der Waals surface area contributed by atoms with Crippen LogP contribution in [0.4, 0.5) is 0 Å². The van der Waals surface area contributed by atoms with E-state index in [2.05, 4.69) is 25.0 Å². The van der Waals surface area contributed by atoms with Crippen LogP contribution in [0.3, 0.4) is 0 Å². The van der Waals surface area contributed by atoms with E-state index in [0.717, 1.165) is 60.7 Å². The highest BCUT2D eigenvalue weighted by Crippen LogP contribution is 2.55. The molecule has 9 heteroatoms. The van der Waals surface area contributed by atoms with E-state index in [4.69, 9.17) is 16.3 Å². The molecule has 182 valence electrons. The molecule has 2 aromatic rings. The Bertz CT molecular complexity index is 1000. The van der Waals surface area contributed by atoms with Crippen molar-refractivity contribution in [2.75, 3.05) is 32.1 Å². The Morgan fingerprint density at radius 1 is 1.06 bits per heavy atom. The molecule has 1 aliphatic heterocycles. The van der Waals surface area contributed by atoms with E-state index in [1.807, 2.05) is 24.3 Å². The van der Waals surface area contributed by atoms with Gasteiger partial charge in [0.05, 0.1) is 25.5 Å². The average molecular weight is 502 g/mol. The van der Waals surface area contributed by atoms with Gasteiger partial charge in [-0.15, -0.1) is 10.2 Å². The first kappa shape index (κ1) is 22.8. The fraction of sp³-hybridized carbons (Fsp3) is 0.640. The third-order valence-corrected chi connectivity index (χ3v) is 9.21. The molecule has 5 aliphatic rings. The molecule has 5 fully saturated rings. The van der Waals surface area contributed by atoms with Gasteiger partial charge in [-0.1, -0.05) is 23.4 Å². The number of thioether (sulfide) groups is 1. The van der Waals surface area contributed by atoms with E-state index < -0.39 is 0 Å². The summed E-state index contributed by atoms with van der Waals surface area (Å²) in [5.41, 5.74) is 0.999. The molecule has 0 atom stereocenters. The van der Waals surface area contributed by atoms with E-state index in [1.165, 1.54) is 50.3 Å². The largest absolute Gasteiger partial charge is 0.379 e. The van der Waals surface area contributed by atoms with Gasteiger partial charge in [-0.3, -0.25) is 14.3 Å². The third-order valence-electron chi connectivity index (χ3n) is 8.03. The highest BCUT2D eigenvalue weighted by molar-refractivity contribution is 7.99. The Labute approximate surface area is 210 Å². The summed E-state index contributed by atoms with van der Waals surface area (Å²) in [6.45, 7) is 3.92. The molecule has 34 heavy (non-hydrogen) atoms. The SMILES string of the molecule is O=C(CSc1nnc(CN2CCOCC2)n1-c1ccc(Cl)cc1)NC12CC3CC(CC(C3)C1)C2. The smallest absolute Gasteiger partial charge is 0.230 e. The predicted octanol–water partition coefficient (Wildman–Crippen LogP) is 3.93. The molecule has 4 saturated carbocycles. The van der Waals surface area contributed by atoms with Crippen LogP contribution in [0, 0.1) is 17.8 Å². The molecular formula is C25H32ClN5O2S. The minimum Gasteiger partial charge on any atom is -0.379 e. The number of rotatable bonds is 7. The maximum Gasteiger partial charge on any atom is 0.230 e. The van der Waals surface area contributed by atoms with Crippen molar-refractivity contribution in [1.29, 1.82) is 0 Å². The zero-order chi connectivity index (χ0) is 23.1. The molecule has 0 spiro atoms. The van der Waals surface area contributed by atoms with Crippen LogP contribution in [0.1, 0.15) is 44.3 Å². The highest BCUT2D eigenvalue weighted by Gasteiger charge is 2.51. The van der Waals surface area contributed by atoms with Crippen LogP contribution in [-0.4, -0.2) is 63.2 Å². The van der Waals surface area contributed by atoms with E-state index in [9.17, 15) is 4.79 Å². The fourth-order valence-electron chi connectivity index (χ4n) is 7.03. The number of nitrogens with one attached hydrogen (secondary N) is 1. The number of morpholine rings is 1. The molecule has 2 heterocycles. The molecule has 0 unspecified atom stereocenters. The van der Waals surface area contributed by atoms with Crippen molar-refractivity contribution in [3.05, 3.63) is 35.1 Å². The second-order valence-electron chi connectivity index (χ2n) is 10.6. The Balaban J connectivity index is 1.16. The van der Waals surface area contributed by atoms with Crippen LogP contribution in [0.5, 0.6) is 0 Å². The number of nitrogens with zero attached hydrogens (tertiary/aromatic N) is 4. The molecule has 4 aliphatic carbocycles. The summed E-state index contributed by atoms with van der Waals surface area (Å²) in [4.78, 5) is 15.4. The zero-order valence-electron chi connectivity index (χ0n) is 19.4. The van der Waals surface area contributed by atoms with Gasteiger partial charge in [-0.2, -0.15) is 0 Å². The molecule has 7 nitrogen and oxygen atoms in total. The number of benzene rings is 1. The number of ether oxygens (including phenoxy) is 1. The highest BCUT2D eigenvalue weighted by atomic mass is 35.5. The summed E-state index contributed by atoms with van der Waals surface area (Å²) >= 11 is 7.60. The monoisotopic (exact) mass is 501 g/mol. The average Bonchev–Trinajstić information content (AvgIpc) is 3.20. The van der Waals surface area contributed by atoms with Crippen molar-refractivity contribution in [3.63, 3.8) is 0 Å². The second kappa shape index (κ2) is 9.45. The zero-order valence-corrected chi connectivity index (χ0v) is 21.0. The second-order valence-corrected chi connectivity index (χ2v) is 12.0. The van der Waals surface area contributed by atoms with Crippen molar-refractivity contribution in [2.45, 2.75) is 55.8 Å². The molecule has 4 bridgehead atoms. The summed E-state index contributed by atoms with van der Waals surface area (Å²) < 4.78 is 7.55. The van der Waals surface area contributed by atoms with Crippen molar-refractivity contribution < 1.29 is 9.53 Å². The lowest BCUT2D eigenvalue weighted by molar-refractivity contribution is -0.124. The Kier molecular flexibility index (Phi) is 6.34. The summed E-state index contributed by atoms with van der Waals surface area (Å²) in [5, 5.41) is 13.9. The minimum atomic E-state index is 0.0394. The quantitative estimate of drug-likeness (QED) is 0.579. The number of carbonyl (C=O) groups is 1. The predicted molar refractivity (Wildman–Crippen MR) is 132 cm³/mol. The third kappa shape index (κ3) is 4.74. The maximum atomic E-state index is 13.1. The minimum absolute atomic E-state index is 0.0394. The van der Waals surface area contributed by atoms with Gasteiger partial charge in [0, 0.05) is 29.3 Å². The summed E-state index contributed by atoms with van der Waals surface area (Å²) in [6, 6.07) is 7.72. The number of hydrogen-bond donors (Lipinski definition) is 1. The van der Waals surface area contributed by atoms with Crippen molar-refractivity contribution in [1.82, 2.24) is 25.0 Å². The lowest BCUT2D eigenvalue weighted by atomic mass is 9.53. The van der Waals surface area contributed by atoms with E-state index in [1.54, 1.807) is 0 Å². The number of hydrogen-bond acceptors (Lipinski definition) is 6. The lowest BCUT2D eigenvalue weighted by Gasteiger charge is -2.56. The Hall–Kier alpha value is -1.61. The number of amides is 1. The molecule has 1 aromatic carbocycles. The van der Waals surface area contributed by atoms with E-state index in [-0.39, 0.29) is 11.4 Å². The molecule has 7 rings (SSSR count). The van der Waals surface area contributed by atoms with E-state index >= 15 is 0 Å². The van der Waals surface area contributed by atoms with Crippen LogP contribution in [0.25, 0.3) is 5.69 Å². The standard InChI is InChI=1S/C25H32ClN5O2S/c26-20-1-3-21(4-2-20)31-22(15-30-5-7-33-8-6-30)28-29-24(31)34-16-23(32)27-25-12-17-9-18(13-25)11-19(10-17)14-25/h1-4,17-19H,5-16H2,(H,27,32). The van der Waals surface area contributed by atoms with E-state index in [0.29, 0.717) is 17.3 Å². The Morgan fingerprint density at radius 3 is 2.35 bits per heavy atom. The topological polar surface area (TPSA) is 72.3 Å². The first-order valence-electron chi connectivity index (χ1n) is 12.5. The summed E-state index contributed by atoms with van der Waals surface area (Å²) in [6.07, 6.45) is 7.63. The van der Waals surface area contributed by atoms with Crippen LogP contribution in [0.2, 0.25) is 5.02 Å². The molecule has 0 radical (unpaired) electrons. The fourth-order valence-corrected chi connectivity index (χ4v) is 7.93. The van der Waals surface area contributed by atoms with Gasteiger partial charge in [-0.05, 0) is 80.5 Å². The van der Waals surface area contributed by atoms with Crippen molar-refractivity contribution in [3.8, 4) is 5.69 Å². The summed E-state index contributed by atoms with van der Waals surface area (Å²) in [7, 11) is 0. The molecule has 1 saturated heterocycles. The molecule has 1 aromatic heterocycles. The lowest BCUT2D eigenvalue weighted by Crippen LogP contribution is -2.60. The first-order valence-corrected chi connectivity index (χ1v) is 13.9. The van der Waals surface area contributed by atoms with Gasteiger partial charge in [0.25, 0.3) is 0 Å². The van der Waals surface area contributed by atoms with Crippen LogP contribution in [-0.2, 0) is 16.1 Å². The van der Waals surface area contributed by atoms with Gasteiger partial charge >= 0.3 is 0 Å². The number of aromatic nitrogens is 3. The van der Waals surface area contributed by atoms with Crippen molar-refractivity contribution >= 4 is 29.3 Å². The van der Waals surface area contributed by atoms with Crippen LogP contribution < -0.4 is 5.32 Å². The van der Waals surface area contributed by atoms with Gasteiger partial charge in [0.1, 0.15) is 0 Å². The number of carbonyl (C=O) groups excluding carboxylic acids is 1. The van der Waals surface area contributed by atoms with Gasteiger partial charge in [-0.25, -0.2) is 0 Å². The van der Waals surface area contributed by atoms with Gasteiger partial charge in [0.2, 0.25) is 5.91 Å². The number of halogens is 1. The maximum absolute atomic E-state index is 13.1. The van der Waals surface area contributed by atoms with Gasteiger partial charge in [0.15, 0.2) is 11.0 Å². The normalized spacial score (nSPS) is 30.6. The molecular weight excluding hydrogens is 470 g/mol.